The fourth-order valence-corrected chi connectivity index (χ4v) is 4.54. The Kier molecular flexibility index (Phi) is 4.94. The van der Waals surface area contributed by atoms with Crippen LogP contribution in [0.2, 0.25) is 0 Å². The molecule has 3 aromatic rings. The minimum atomic E-state index is 0.533. The molecule has 5 heterocycles. The van der Waals surface area contributed by atoms with E-state index in [0.29, 0.717) is 12.5 Å². The Bertz CT molecular complexity index is 971. The van der Waals surface area contributed by atoms with Gasteiger partial charge in [-0.3, -0.25) is 0 Å². The normalized spacial score (nSPS) is 21.3. The number of nitrogens with zero attached hydrogens (tertiary/aromatic N) is 3. The van der Waals surface area contributed by atoms with Gasteiger partial charge in [0.25, 0.3) is 0 Å². The molecule has 150 valence electrons. The van der Waals surface area contributed by atoms with Crippen LogP contribution in [0, 0.1) is 0 Å². The van der Waals surface area contributed by atoms with Gasteiger partial charge in [0, 0.05) is 42.8 Å². The average molecular weight is 390 g/mol. The molecule has 2 bridgehead atoms. The highest BCUT2D eigenvalue weighted by molar-refractivity contribution is 5.75. The SMILES string of the molecule is C1CC2CCC(C1)N2.CNc1ccc2c(n1)OCc1cc(-n3ccnc3)ccc1-2. The van der Waals surface area contributed by atoms with E-state index in [-0.39, 0.29) is 0 Å². The van der Waals surface area contributed by atoms with Gasteiger partial charge in [-0.05, 0) is 61.1 Å². The van der Waals surface area contributed by atoms with Gasteiger partial charge in [0.05, 0.1) is 6.33 Å². The summed E-state index contributed by atoms with van der Waals surface area (Å²) in [6, 6.07) is 12.2. The number of ether oxygens (including phenoxy) is 1. The highest BCUT2D eigenvalue weighted by Crippen LogP contribution is 2.37. The van der Waals surface area contributed by atoms with Gasteiger partial charge in [-0.15, -0.1) is 0 Å². The summed E-state index contributed by atoms with van der Waals surface area (Å²) in [6.45, 7) is 0.533. The number of benzene rings is 1. The van der Waals surface area contributed by atoms with Gasteiger partial charge in [0.1, 0.15) is 12.4 Å². The molecule has 0 saturated carbocycles. The summed E-state index contributed by atoms with van der Waals surface area (Å²) in [6.07, 6.45) is 12.7. The molecule has 0 amide bonds. The smallest absolute Gasteiger partial charge is 0.223 e. The lowest BCUT2D eigenvalue weighted by atomic mass is 9.98. The Morgan fingerprint density at radius 3 is 2.62 bits per heavy atom. The number of hydrogen-bond acceptors (Lipinski definition) is 5. The molecule has 0 aliphatic carbocycles. The summed E-state index contributed by atoms with van der Waals surface area (Å²) in [5, 5.41) is 6.62. The van der Waals surface area contributed by atoms with Crippen molar-refractivity contribution in [2.24, 2.45) is 0 Å². The maximum atomic E-state index is 5.79. The monoisotopic (exact) mass is 389 g/mol. The van der Waals surface area contributed by atoms with Crippen LogP contribution in [0.15, 0.2) is 49.1 Å². The standard InChI is InChI=1S/C16H14N4O.C7H13N/c1-17-15-5-4-14-13-3-2-12(20-7-6-18-10-20)8-11(13)9-21-16(14)19-15;1-2-6-4-5-7(3-1)8-6/h2-8,10H,9H2,1H3,(H,17,19);6-8H,1-5H2. The first-order chi connectivity index (χ1) is 14.3. The molecule has 6 nitrogen and oxygen atoms in total. The summed E-state index contributed by atoms with van der Waals surface area (Å²) < 4.78 is 7.77. The number of rotatable bonds is 2. The molecule has 6 rings (SSSR count). The van der Waals surface area contributed by atoms with Crippen LogP contribution in [0.1, 0.15) is 37.7 Å². The molecule has 2 aromatic heterocycles. The molecular formula is C23H27N5O. The molecule has 2 unspecified atom stereocenters. The summed E-state index contributed by atoms with van der Waals surface area (Å²) in [7, 11) is 1.85. The molecule has 3 aliphatic heterocycles. The van der Waals surface area contributed by atoms with Gasteiger partial charge >= 0.3 is 0 Å². The maximum absolute atomic E-state index is 5.79. The number of imidazole rings is 1. The summed E-state index contributed by atoms with van der Waals surface area (Å²) >= 11 is 0. The van der Waals surface area contributed by atoms with Gasteiger partial charge in [-0.2, -0.15) is 4.98 Å². The van der Waals surface area contributed by atoms with Crippen LogP contribution in [-0.4, -0.2) is 33.7 Å². The lowest BCUT2D eigenvalue weighted by Gasteiger charge is -2.21. The average Bonchev–Trinajstić information content (AvgIpc) is 3.43. The number of piperidine rings is 1. The molecule has 2 fully saturated rings. The maximum Gasteiger partial charge on any atom is 0.223 e. The van der Waals surface area contributed by atoms with Gasteiger partial charge in [-0.25, -0.2) is 4.98 Å². The van der Waals surface area contributed by atoms with Crippen molar-refractivity contribution in [2.75, 3.05) is 12.4 Å². The van der Waals surface area contributed by atoms with Crippen molar-refractivity contribution < 1.29 is 4.74 Å². The minimum absolute atomic E-state index is 0.533. The second-order valence-corrected chi connectivity index (χ2v) is 7.97. The lowest BCUT2D eigenvalue weighted by molar-refractivity contribution is 0.290. The highest BCUT2D eigenvalue weighted by Gasteiger charge is 2.26. The van der Waals surface area contributed by atoms with Crippen LogP contribution in [0.25, 0.3) is 16.8 Å². The second kappa shape index (κ2) is 7.87. The third-order valence-corrected chi connectivity index (χ3v) is 6.10. The Morgan fingerprint density at radius 2 is 1.90 bits per heavy atom. The van der Waals surface area contributed by atoms with Crippen molar-refractivity contribution in [3.8, 4) is 22.7 Å². The van der Waals surface area contributed by atoms with Crippen LogP contribution in [0.4, 0.5) is 5.82 Å². The van der Waals surface area contributed by atoms with Crippen LogP contribution < -0.4 is 15.4 Å². The molecule has 2 saturated heterocycles. The third-order valence-electron chi connectivity index (χ3n) is 6.10. The van der Waals surface area contributed by atoms with Crippen LogP contribution >= 0.6 is 0 Å². The number of aromatic nitrogens is 3. The molecule has 3 aliphatic rings. The van der Waals surface area contributed by atoms with Crippen molar-refractivity contribution in [3.05, 3.63) is 54.6 Å². The molecule has 2 atom stereocenters. The van der Waals surface area contributed by atoms with E-state index >= 15 is 0 Å². The fraction of sp³-hybridized carbons (Fsp3) is 0.391. The predicted octanol–water partition coefficient (Wildman–Crippen LogP) is 4.16. The first-order valence-electron chi connectivity index (χ1n) is 10.5. The van der Waals surface area contributed by atoms with Crippen LogP contribution in [0.5, 0.6) is 5.88 Å². The third kappa shape index (κ3) is 3.72. The van der Waals surface area contributed by atoms with Crippen molar-refractivity contribution >= 4 is 5.82 Å². The molecular weight excluding hydrogens is 362 g/mol. The first kappa shape index (κ1) is 18.2. The minimum Gasteiger partial charge on any atom is -0.472 e. The molecule has 1 aromatic carbocycles. The van der Waals surface area contributed by atoms with Crippen molar-refractivity contribution in [1.29, 1.82) is 0 Å². The number of hydrogen-bond donors (Lipinski definition) is 2. The molecule has 2 N–H and O–H groups in total. The lowest BCUT2D eigenvalue weighted by Crippen LogP contribution is -2.33. The molecule has 6 heteroatoms. The van der Waals surface area contributed by atoms with Gasteiger partial charge in [0.15, 0.2) is 0 Å². The van der Waals surface area contributed by atoms with Crippen LogP contribution in [-0.2, 0) is 6.61 Å². The van der Waals surface area contributed by atoms with E-state index < -0.39 is 0 Å². The van der Waals surface area contributed by atoms with E-state index in [9.17, 15) is 0 Å². The van der Waals surface area contributed by atoms with Crippen molar-refractivity contribution in [3.63, 3.8) is 0 Å². The second-order valence-electron chi connectivity index (χ2n) is 7.97. The quantitative estimate of drug-likeness (QED) is 0.689. The first-order valence-corrected chi connectivity index (χ1v) is 10.5. The number of nitrogens with one attached hydrogen (secondary N) is 2. The van der Waals surface area contributed by atoms with Gasteiger partial charge < -0.3 is 19.9 Å². The van der Waals surface area contributed by atoms with Gasteiger partial charge in [0.2, 0.25) is 5.88 Å². The Morgan fingerprint density at radius 1 is 1.07 bits per heavy atom. The molecule has 0 spiro atoms. The zero-order valence-corrected chi connectivity index (χ0v) is 16.8. The number of fused-ring (bicyclic) bond motifs is 5. The largest absolute Gasteiger partial charge is 0.472 e. The van der Waals surface area contributed by atoms with Crippen molar-refractivity contribution in [2.45, 2.75) is 50.8 Å². The molecule has 29 heavy (non-hydrogen) atoms. The van der Waals surface area contributed by atoms with E-state index in [1.54, 1.807) is 12.5 Å². The summed E-state index contributed by atoms with van der Waals surface area (Å²) in [5.74, 6) is 1.50. The molecule has 0 radical (unpaired) electrons. The van der Waals surface area contributed by atoms with E-state index in [0.717, 1.165) is 34.7 Å². The Hall–Kier alpha value is -2.86. The topological polar surface area (TPSA) is 64.0 Å². The summed E-state index contributed by atoms with van der Waals surface area (Å²) in [4.78, 5) is 8.53. The van der Waals surface area contributed by atoms with E-state index in [1.165, 1.54) is 37.7 Å². The van der Waals surface area contributed by atoms with Gasteiger partial charge in [-0.1, -0.05) is 12.5 Å². The van der Waals surface area contributed by atoms with E-state index in [2.05, 4.69) is 38.8 Å². The van der Waals surface area contributed by atoms with Crippen LogP contribution in [0.3, 0.4) is 0 Å². The van der Waals surface area contributed by atoms with E-state index in [1.807, 2.05) is 29.9 Å². The van der Waals surface area contributed by atoms with Crippen molar-refractivity contribution in [1.82, 2.24) is 19.9 Å². The highest BCUT2D eigenvalue weighted by atomic mass is 16.5. The zero-order valence-electron chi connectivity index (χ0n) is 16.8. The number of pyridine rings is 1. The summed E-state index contributed by atoms with van der Waals surface area (Å²) in [5.41, 5.74) is 4.45. The van der Waals surface area contributed by atoms with E-state index in [4.69, 9.17) is 4.74 Å². The number of anilines is 1. The fourth-order valence-electron chi connectivity index (χ4n) is 4.54. The Labute approximate surface area is 171 Å². The predicted molar refractivity (Wildman–Crippen MR) is 114 cm³/mol. The zero-order chi connectivity index (χ0) is 19.6. The Balaban J connectivity index is 0.000000189.